The van der Waals surface area contributed by atoms with Crippen molar-refractivity contribution in [3.05, 3.63) is 71.6 Å². The molecule has 1 atom stereocenters. The fourth-order valence-corrected chi connectivity index (χ4v) is 6.89. The third-order valence-corrected chi connectivity index (χ3v) is 8.53. The molecule has 0 radical (unpaired) electrons. The summed E-state index contributed by atoms with van der Waals surface area (Å²) < 4.78 is 31.0. The van der Waals surface area contributed by atoms with Crippen LogP contribution in [0.2, 0.25) is 5.02 Å². The predicted octanol–water partition coefficient (Wildman–Crippen LogP) is 5.05. The lowest BCUT2D eigenvalue weighted by Crippen LogP contribution is -2.52. The monoisotopic (exact) mass is 598 g/mol. The predicted molar refractivity (Wildman–Crippen MR) is 163 cm³/mol. The number of carboxylic acids is 1. The van der Waals surface area contributed by atoms with E-state index < -0.39 is 27.4 Å². The summed E-state index contributed by atoms with van der Waals surface area (Å²) in [6.07, 6.45) is 5.13. The molecule has 10 nitrogen and oxygen atoms in total. The molecule has 0 fully saturated rings. The number of hydrogen-bond donors (Lipinski definition) is 2. The third-order valence-electron chi connectivity index (χ3n) is 6.54. The topological polar surface area (TPSA) is 121 Å². The first-order chi connectivity index (χ1) is 19.2. The summed E-state index contributed by atoms with van der Waals surface area (Å²) in [5.74, 6) is -0.0108. The highest BCUT2D eigenvalue weighted by Crippen LogP contribution is 2.37. The Labute approximate surface area is 245 Å². The van der Waals surface area contributed by atoms with Gasteiger partial charge in [-0.15, -0.1) is 0 Å². The highest BCUT2D eigenvalue weighted by atomic mass is 35.5. The Bertz CT molecular complexity index is 1640. The fourth-order valence-electron chi connectivity index (χ4n) is 4.63. The summed E-state index contributed by atoms with van der Waals surface area (Å²) in [5, 5.41) is 14.5. The normalized spacial score (nSPS) is 13.0. The number of likely N-dealkylation sites (N-methyl/N-ethyl adjacent to an activating group) is 1. The lowest BCUT2D eigenvalue weighted by atomic mass is 9.86. The molecule has 0 aliphatic rings. The molecule has 218 valence electrons. The van der Waals surface area contributed by atoms with Crippen molar-refractivity contribution in [3.63, 3.8) is 0 Å². The number of hydrogen-bond acceptors (Lipinski definition) is 7. The van der Waals surface area contributed by atoms with Gasteiger partial charge in [0.25, 0.3) is 10.0 Å². The zero-order valence-electron chi connectivity index (χ0n) is 24.0. The van der Waals surface area contributed by atoms with Gasteiger partial charge in [0.1, 0.15) is 11.9 Å². The fraction of sp³-hybridized carbons (Fsp3) is 0.345. The van der Waals surface area contributed by atoms with E-state index in [-0.39, 0.29) is 15.6 Å². The zero-order chi connectivity index (χ0) is 30.1. The van der Waals surface area contributed by atoms with Gasteiger partial charge in [0.2, 0.25) is 0 Å². The second kappa shape index (κ2) is 11.7. The van der Waals surface area contributed by atoms with Gasteiger partial charge in [-0.3, -0.25) is 8.87 Å². The summed E-state index contributed by atoms with van der Waals surface area (Å²) in [4.78, 5) is 23.6. The van der Waals surface area contributed by atoms with Crippen molar-refractivity contribution in [2.24, 2.45) is 5.41 Å². The van der Waals surface area contributed by atoms with Gasteiger partial charge in [-0.1, -0.05) is 32.4 Å². The average Bonchev–Trinajstić information content (AvgIpc) is 3.29. The molecule has 2 N–H and O–H groups in total. The number of carbonyl (C=O) groups is 1. The maximum absolute atomic E-state index is 14.1. The van der Waals surface area contributed by atoms with Crippen molar-refractivity contribution in [3.8, 4) is 5.82 Å². The average molecular weight is 599 g/mol. The molecule has 1 unspecified atom stereocenters. The molecule has 0 bridgehead atoms. The van der Waals surface area contributed by atoms with Crippen LogP contribution in [0.1, 0.15) is 26.3 Å². The minimum atomic E-state index is -4.33. The Morgan fingerprint density at radius 2 is 1.83 bits per heavy atom. The third kappa shape index (κ3) is 6.64. The molecule has 0 amide bonds. The van der Waals surface area contributed by atoms with E-state index in [1.165, 1.54) is 12.1 Å². The molecule has 0 saturated carbocycles. The van der Waals surface area contributed by atoms with Crippen LogP contribution in [0, 0.1) is 12.3 Å². The molecule has 2 aromatic heterocycles. The van der Waals surface area contributed by atoms with Crippen LogP contribution in [-0.4, -0.2) is 72.2 Å². The molecule has 0 aliphatic carbocycles. The van der Waals surface area contributed by atoms with Gasteiger partial charge in [0, 0.05) is 29.7 Å². The molecule has 0 aliphatic heterocycles. The summed E-state index contributed by atoms with van der Waals surface area (Å²) in [6, 6.07) is 9.94. The number of halogens is 1. The van der Waals surface area contributed by atoms with Crippen LogP contribution in [0.15, 0.2) is 66.0 Å². The number of aryl methyl sites for hydroxylation is 1. The number of aromatic nitrogens is 3. The SMILES string of the molecule is Cc1cc(Cl)cc(S(=O)(=O)N(c2ccc3c(ccn3-c3cnc(NCCN(C)C)cn3)c2)C(C(=O)O)C(C)(C)C)c1. The Balaban J connectivity index is 1.77. The summed E-state index contributed by atoms with van der Waals surface area (Å²) in [7, 11) is -0.336. The molecule has 0 spiro atoms. The van der Waals surface area contributed by atoms with Crippen molar-refractivity contribution in [1.82, 2.24) is 19.4 Å². The van der Waals surface area contributed by atoms with Crippen molar-refractivity contribution < 1.29 is 18.3 Å². The van der Waals surface area contributed by atoms with Gasteiger partial charge in [-0.25, -0.2) is 23.2 Å². The van der Waals surface area contributed by atoms with E-state index in [9.17, 15) is 18.3 Å². The quantitative estimate of drug-likeness (QED) is 0.260. The lowest BCUT2D eigenvalue weighted by molar-refractivity contribution is -0.140. The van der Waals surface area contributed by atoms with Gasteiger partial charge >= 0.3 is 5.97 Å². The molecule has 12 heteroatoms. The number of benzene rings is 2. The van der Waals surface area contributed by atoms with E-state index >= 15 is 0 Å². The minimum Gasteiger partial charge on any atom is -0.480 e. The van der Waals surface area contributed by atoms with Crippen molar-refractivity contribution in [2.75, 3.05) is 36.8 Å². The number of fused-ring (bicyclic) bond motifs is 1. The van der Waals surface area contributed by atoms with E-state index in [1.54, 1.807) is 64.4 Å². The van der Waals surface area contributed by atoms with Crippen LogP contribution in [0.4, 0.5) is 11.5 Å². The van der Waals surface area contributed by atoms with E-state index in [2.05, 4.69) is 20.2 Å². The number of rotatable bonds is 10. The van der Waals surface area contributed by atoms with Crippen molar-refractivity contribution in [2.45, 2.75) is 38.6 Å². The van der Waals surface area contributed by atoms with Crippen molar-refractivity contribution in [1.29, 1.82) is 0 Å². The maximum atomic E-state index is 14.1. The smallest absolute Gasteiger partial charge is 0.328 e. The van der Waals surface area contributed by atoms with E-state index in [4.69, 9.17) is 11.6 Å². The molecule has 4 rings (SSSR count). The number of sulfonamides is 1. The Hall–Kier alpha value is -3.67. The van der Waals surface area contributed by atoms with Crippen LogP contribution < -0.4 is 9.62 Å². The minimum absolute atomic E-state index is 0.0785. The van der Waals surface area contributed by atoms with Crippen LogP contribution in [0.5, 0.6) is 0 Å². The van der Waals surface area contributed by atoms with Crippen LogP contribution in [-0.2, 0) is 14.8 Å². The summed E-state index contributed by atoms with van der Waals surface area (Å²) in [5.41, 5.74) is 0.689. The molecule has 0 saturated heterocycles. The summed E-state index contributed by atoms with van der Waals surface area (Å²) >= 11 is 6.21. The second-order valence-corrected chi connectivity index (χ2v) is 13.5. The Kier molecular flexibility index (Phi) is 8.62. The first kappa shape index (κ1) is 30.3. The highest BCUT2D eigenvalue weighted by Gasteiger charge is 2.43. The van der Waals surface area contributed by atoms with Gasteiger partial charge in [0.15, 0.2) is 5.82 Å². The second-order valence-electron chi connectivity index (χ2n) is 11.3. The number of aliphatic carboxylic acids is 1. The summed E-state index contributed by atoms with van der Waals surface area (Å²) in [6.45, 7) is 8.42. The first-order valence-corrected chi connectivity index (χ1v) is 14.9. The number of carboxylic acid groups (broad SMARTS) is 1. The van der Waals surface area contributed by atoms with Gasteiger partial charge in [0.05, 0.1) is 28.5 Å². The number of nitrogens with zero attached hydrogens (tertiary/aromatic N) is 5. The molecular formula is C29H35ClN6O4S. The van der Waals surface area contributed by atoms with Gasteiger partial charge in [-0.05, 0) is 74.5 Å². The van der Waals surface area contributed by atoms with Crippen LogP contribution in [0.3, 0.4) is 0 Å². The largest absolute Gasteiger partial charge is 0.480 e. The molecule has 4 aromatic rings. The van der Waals surface area contributed by atoms with E-state index in [1.807, 2.05) is 30.9 Å². The van der Waals surface area contributed by atoms with Crippen LogP contribution in [0.25, 0.3) is 16.7 Å². The molecule has 2 heterocycles. The number of anilines is 2. The van der Waals surface area contributed by atoms with E-state index in [0.717, 1.165) is 22.9 Å². The molecule has 41 heavy (non-hydrogen) atoms. The number of nitrogens with one attached hydrogen (secondary N) is 1. The van der Waals surface area contributed by atoms with Crippen molar-refractivity contribution >= 4 is 50.0 Å². The van der Waals surface area contributed by atoms with E-state index in [0.29, 0.717) is 22.6 Å². The Morgan fingerprint density at radius 1 is 1.10 bits per heavy atom. The van der Waals surface area contributed by atoms with Gasteiger partial charge in [-0.2, -0.15) is 0 Å². The maximum Gasteiger partial charge on any atom is 0.328 e. The van der Waals surface area contributed by atoms with Gasteiger partial charge < -0.3 is 15.3 Å². The van der Waals surface area contributed by atoms with Crippen LogP contribution >= 0.6 is 11.6 Å². The molecular weight excluding hydrogens is 564 g/mol. The zero-order valence-corrected chi connectivity index (χ0v) is 25.5. The lowest BCUT2D eigenvalue weighted by Gasteiger charge is -2.37. The highest BCUT2D eigenvalue weighted by molar-refractivity contribution is 7.93. The first-order valence-electron chi connectivity index (χ1n) is 13.0. The standard InChI is InChI=1S/C29H35ClN6O4S/c1-19-13-21(30)16-23(14-19)41(39,40)36(27(28(37)38)29(2,3)4)22-7-8-24-20(15-22)9-11-35(24)26-18-32-25(17-33-26)31-10-12-34(5)6/h7-9,11,13-18,27H,10,12H2,1-6H3,(H,31,32)(H,37,38). The molecule has 2 aromatic carbocycles. The Morgan fingerprint density at radius 3 is 2.41 bits per heavy atom.